The molecule has 1 amide bonds. The van der Waals surface area contributed by atoms with Crippen LogP contribution in [0, 0.1) is 5.92 Å². The Hall–Kier alpha value is -1.10. The lowest BCUT2D eigenvalue weighted by Gasteiger charge is -2.23. The van der Waals surface area contributed by atoms with E-state index in [1.807, 2.05) is 6.92 Å². The van der Waals surface area contributed by atoms with Crippen LogP contribution in [0.5, 0.6) is 0 Å². The van der Waals surface area contributed by atoms with Crippen LogP contribution in [0.25, 0.3) is 0 Å². The summed E-state index contributed by atoms with van der Waals surface area (Å²) < 4.78 is 0. The first-order valence-corrected chi connectivity index (χ1v) is 7.70. The molecule has 0 aromatic heterocycles. The van der Waals surface area contributed by atoms with E-state index in [9.17, 15) is 9.90 Å². The highest BCUT2D eigenvalue weighted by atomic mass is 35.5. The van der Waals surface area contributed by atoms with Gasteiger partial charge in [0.25, 0.3) is 0 Å². The number of rotatable bonds is 8. The van der Waals surface area contributed by atoms with Crippen molar-refractivity contribution in [3.63, 3.8) is 0 Å². The molecule has 5 heteroatoms. The molecule has 3 N–H and O–H groups in total. The van der Waals surface area contributed by atoms with Gasteiger partial charge in [0, 0.05) is 29.2 Å². The molecule has 0 spiro atoms. The molecule has 1 rings (SSSR count). The van der Waals surface area contributed by atoms with E-state index < -0.39 is 0 Å². The normalized spacial score (nSPS) is 14.0. The minimum Gasteiger partial charge on any atom is -0.395 e. The largest absolute Gasteiger partial charge is 0.395 e. The number of hydrogen-bond acceptors (Lipinski definition) is 3. The Morgan fingerprint density at radius 2 is 2.05 bits per heavy atom. The molecule has 0 saturated carbocycles. The number of aliphatic hydroxyl groups is 1. The summed E-state index contributed by atoms with van der Waals surface area (Å²) in [6, 6.07) is 7.10. The van der Waals surface area contributed by atoms with Crippen LogP contribution >= 0.6 is 11.6 Å². The van der Waals surface area contributed by atoms with E-state index in [0.717, 1.165) is 6.42 Å². The third-order valence-electron chi connectivity index (χ3n) is 3.10. The maximum absolute atomic E-state index is 12.0. The number of anilines is 1. The molecule has 4 nitrogen and oxygen atoms in total. The first-order valence-electron chi connectivity index (χ1n) is 7.33. The van der Waals surface area contributed by atoms with E-state index in [0.29, 0.717) is 23.0 Å². The van der Waals surface area contributed by atoms with Gasteiger partial charge < -0.3 is 15.7 Å². The monoisotopic (exact) mass is 312 g/mol. The second kappa shape index (κ2) is 9.03. The molecule has 0 heterocycles. The van der Waals surface area contributed by atoms with Crippen molar-refractivity contribution in [1.82, 2.24) is 5.32 Å². The summed E-state index contributed by atoms with van der Waals surface area (Å²) in [5, 5.41) is 16.0. The summed E-state index contributed by atoms with van der Waals surface area (Å²) in [5.41, 5.74) is 0.695. The first kappa shape index (κ1) is 18.0. The fourth-order valence-corrected chi connectivity index (χ4v) is 2.47. The molecule has 2 atom stereocenters. The average molecular weight is 313 g/mol. The molecule has 21 heavy (non-hydrogen) atoms. The molecule has 0 fully saturated rings. The zero-order valence-electron chi connectivity index (χ0n) is 12.9. The van der Waals surface area contributed by atoms with E-state index >= 15 is 0 Å². The lowest BCUT2D eigenvalue weighted by molar-refractivity contribution is -0.116. The highest BCUT2D eigenvalue weighted by Gasteiger charge is 2.15. The predicted molar refractivity (Wildman–Crippen MR) is 87.6 cm³/mol. The Labute approximate surface area is 131 Å². The number of benzene rings is 1. The summed E-state index contributed by atoms with van der Waals surface area (Å²) in [6.45, 7) is 6.25. The number of halogens is 1. The lowest BCUT2D eigenvalue weighted by atomic mass is 10.0. The van der Waals surface area contributed by atoms with Gasteiger partial charge in [-0.05, 0) is 37.5 Å². The summed E-state index contributed by atoms with van der Waals surface area (Å²) >= 11 is 5.88. The van der Waals surface area contributed by atoms with Crippen LogP contribution in [0.15, 0.2) is 24.3 Å². The standard InChI is InChI=1S/C16H25ClN2O2/c1-11(2)7-15(10-20)18-12(3)8-16(21)19-14-6-4-5-13(17)9-14/h4-6,9,11-12,15,18,20H,7-8,10H2,1-3H3,(H,19,21). The Morgan fingerprint density at radius 3 is 2.62 bits per heavy atom. The number of hydrogen-bond donors (Lipinski definition) is 3. The minimum absolute atomic E-state index is 0.0000779. The maximum atomic E-state index is 12.0. The van der Waals surface area contributed by atoms with Crippen molar-refractivity contribution < 1.29 is 9.90 Å². The van der Waals surface area contributed by atoms with E-state index in [2.05, 4.69) is 24.5 Å². The third-order valence-corrected chi connectivity index (χ3v) is 3.33. The first-order chi connectivity index (χ1) is 9.90. The number of carbonyl (C=O) groups excluding carboxylic acids is 1. The molecular weight excluding hydrogens is 288 g/mol. The van der Waals surface area contributed by atoms with Crippen LogP contribution in [0.3, 0.4) is 0 Å². The van der Waals surface area contributed by atoms with Crippen molar-refractivity contribution in [2.24, 2.45) is 5.92 Å². The van der Waals surface area contributed by atoms with Crippen LogP contribution in [0.4, 0.5) is 5.69 Å². The van der Waals surface area contributed by atoms with Crippen LogP contribution in [0.1, 0.15) is 33.6 Å². The van der Waals surface area contributed by atoms with E-state index in [1.165, 1.54) is 0 Å². The van der Waals surface area contributed by atoms with Gasteiger partial charge in [-0.1, -0.05) is 31.5 Å². The molecule has 0 saturated heterocycles. The van der Waals surface area contributed by atoms with Crippen molar-refractivity contribution in [3.8, 4) is 0 Å². The van der Waals surface area contributed by atoms with Crippen LogP contribution in [-0.4, -0.2) is 29.7 Å². The molecule has 0 bridgehead atoms. The van der Waals surface area contributed by atoms with Gasteiger partial charge in [-0.25, -0.2) is 0 Å². The van der Waals surface area contributed by atoms with Gasteiger partial charge in [0.05, 0.1) is 6.61 Å². The van der Waals surface area contributed by atoms with E-state index in [-0.39, 0.29) is 24.6 Å². The van der Waals surface area contributed by atoms with Gasteiger partial charge in [-0.2, -0.15) is 0 Å². The van der Waals surface area contributed by atoms with Gasteiger partial charge in [-0.3, -0.25) is 4.79 Å². The van der Waals surface area contributed by atoms with Crippen molar-refractivity contribution in [3.05, 3.63) is 29.3 Å². The molecule has 1 aromatic carbocycles. The minimum atomic E-state index is -0.0708. The van der Waals surface area contributed by atoms with Gasteiger partial charge in [0.15, 0.2) is 0 Å². The fourth-order valence-electron chi connectivity index (χ4n) is 2.28. The Kier molecular flexibility index (Phi) is 7.72. The maximum Gasteiger partial charge on any atom is 0.225 e. The number of amides is 1. The lowest BCUT2D eigenvalue weighted by Crippen LogP contribution is -2.41. The zero-order chi connectivity index (χ0) is 15.8. The number of nitrogens with one attached hydrogen (secondary N) is 2. The van der Waals surface area contributed by atoms with Crippen molar-refractivity contribution in [1.29, 1.82) is 0 Å². The highest BCUT2D eigenvalue weighted by Crippen LogP contribution is 2.15. The highest BCUT2D eigenvalue weighted by molar-refractivity contribution is 6.30. The van der Waals surface area contributed by atoms with Crippen LogP contribution < -0.4 is 10.6 Å². The number of aliphatic hydroxyl groups excluding tert-OH is 1. The van der Waals surface area contributed by atoms with Crippen molar-refractivity contribution in [2.75, 3.05) is 11.9 Å². The number of carbonyl (C=O) groups is 1. The summed E-state index contributed by atoms with van der Waals surface area (Å²) in [5.74, 6) is 0.431. The fraction of sp³-hybridized carbons (Fsp3) is 0.562. The van der Waals surface area contributed by atoms with E-state index in [4.69, 9.17) is 11.6 Å². The molecule has 0 radical (unpaired) electrons. The summed E-state index contributed by atoms with van der Waals surface area (Å²) in [7, 11) is 0. The SMILES string of the molecule is CC(C)CC(CO)NC(C)CC(=O)Nc1cccc(Cl)c1. The second-order valence-corrected chi connectivity index (χ2v) is 6.28. The smallest absolute Gasteiger partial charge is 0.225 e. The average Bonchev–Trinajstić information content (AvgIpc) is 2.36. The molecular formula is C16H25ClN2O2. The molecule has 0 aliphatic rings. The van der Waals surface area contributed by atoms with Crippen molar-refractivity contribution >= 4 is 23.2 Å². The zero-order valence-corrected chi connectivity index (χ0v) is 13.7. The Balaban J connectivity index is 2.42. The Morgan fingerprint density at radius 1 is 1.33 bits per heavy atom. The second-order valence-electron chi connectivity index (χ2n) is 5.84. The van der Waals surface area contributed by atoms with Gasteiger partial charge in [0.2, 0.25) is 5.91 Å². The molecule has 0 aliphatic heterocycles. The van der Waals surface area contributed by atoms with Crippen LogP contribution in [0.2, 0.25) is 5.02 Å². The Bertz CT molecular complexity index is 452. The molecule has 0 aliphatic carbocycles. The van der Waals surface area contributed by atoms with Gasteiger partial charge in [0.1, 0.15) is 0 Å². The summed E-state index contributed by atoms with van der Waals surface area (Å²) in [4.78, 5) is 12.0. The third kappa shape index (κ3) is 7.46. The van der Waals surface area contributed by atoms with Crippen LogP contribution in [-0.2, 0) is 4.79 Å². The molecule has 118 valence electrons. The predicted octanol–water partition coefficient (Wildman–Crippen LogP) is 3.05. The van der Waals surface area contributed by atoms with Crippen molar-refractivity contribution in [2.45, 2.75) is 45.7 Å². The quantitative estimate of drug-likeness (QED) is 0.691. The summed E-state index contributed by atoms with van der Waals surface area (Å²) in [6.07, 6.45) is 1.23. The van der Waals surface area contributed by atoms with Gasteiger partial charge >= 0.3 is 0 Å². The molecule has 2 unspecified atom stereocenters. The van der Waals surface area contributed by atoms with Gasteiger partial charge in [-0.15, -0.1) is 0 Å². The van der Waals surface area contributed by atoms with E-state index in [1.54, 1.807) is 24.3 Å². The molecule has 1 aromatic rings. The topological polar surface area (TPSA) is 61.4 Å².